The Balaban J connectivity index is 5.33. The van der Waals surface area contributed by atoms with Crippen LogP contribution in [0.3, 0.4) is 0 Å². The lowest BCUT2D eigenvalue weighted by Crippen LogP contribution is -2.52. The maximum absolute atomic E-state index is 13.3. The van der Waals surface area contributed by atoms with E-state index in [-0.39, 0.29) is 0 Å². The molecule has 0 heterocycles. The van der Waals surface area contributed by atoms with Crippen LogP contribution in [0.1, 0.15) is 34.6 Å². The van der Waals surface area contributed by atoms with Crippen molar-refractivity contribution >= 4 is 11.8 Å². The van der Waals surface area contributed by atoms with Gasteiger partial charge < -0.3 is 5.11 Å². The molecule has 0 spiro atoms. The molecular formula is C10H16F2O3. The molecule has 3 nitrogen and oxygen atoms in total. The number of Topliss-reactive ketones (excluding diaryl/α,β-unsaturated/α-hetero) is 1. The van der Waals surface area contributed by atoms with Crippen LogP contribution in [0.4, 0.5) is 8.78 Å². The molecule has 0 fully saturated rings. The molecule has 1 N–H and O–H groups in total. The summed E-state index contributed by atoms with van der Waals surface area (Å²) in [6, 6.07) is 0. The van der Waals surface area contributed by atoms with Gasteiger partial charge in [-0.1, -0.05) is 20.8 Å². The molecule has 0 aliphatic rings. The number of carboxylic acids is 1. The van der Waals surface area contributed by atoms with E-state index >= 15 is 0 Å². The molecule has 0 rings (SSSR count). The molecule has 88 valence electrons. The molecule has 0 bridgehead atoms. The van der Waals surface area contributed by atoms with Crippen molar-refractivity contribution in [3.63, 3.8) is 0 Å². The van der Waals surface area contributed by atoms with E-state index in [0.29, 0.717) is 0 Å². The predicted molar refractivity (Wildman–Crippen MR) is 50.8 cm³/mol. The highest BCUT2D eigenvalue weighted by Crippen LogP contribution is 2.41. The minimum absolute atomic E-state index is 0.776. The van der Waals surface area contributed by atoms with Crippen molar-refractivity contribution in [2.24, 2.45) is 10.8 Å². The molecule has 0 aromatic rings. The fraction of sp³-hybridized carbons (Fsp3) is 0.800. The highest BCUT2D eigenvalue weighted by atomic mass is 19.3. The molecule has 0 saturated carbocycles. The van der Waals surface area contributed by atoms with Gasteiger partial charge in [-0.05, 0) is 13.8 Å². The van der Waals surface area contributed by atoms with Gasteiger partial charge in [-0.3, -0.25) is 4.79 Å². The van der Waals surface area contributed by atoms with Gasteiger partial charge in [-0.25, -0.2) is 4.79 Å². The predicted octanol–water partition coefficient (Wildman–Crippen LogP) is 2.35. The summed E-state index contributed by atoms with van der Waals surface area (Å²) in [6.07, 6.45) is 0. The van der Waals surface area contributed by atoms with Gasteiger partial charge in [-0.2, -0.15) is 8.78 Å². The topological polar surface area (TPSA) is 54.4 Å². The molecule has 5 heteroatoms. The van der Waals surface area contributed by atoms with Crippen LogP contribution in [0.5, 0.6) is 0 Å². The molecule has 0 aliphatic carbocycles. The first kappa shape index (κ1) is 14.0. The van der Waals surface area contributed by atoms with E-state index in [0.717, 1.165) is 13.8 Å². The molecule has 0 saturated heterocycles. The molecule has 15 heavy (non-hydrogen) atoms. The average Bonchev–Trinajstić information content (AvgIpc) is 2.00. The Kier molecular flexibility index (Phi) is 3.30. The molecule has 0 atom stereocenters. The van der Waals surface area contributed by atoms with Gasteiger partial charge in [0, 0.05) is 5.41 Å². The number of halogens is 2. The fourth-order valence-electron chi connectivity index (χ4n) is 1.35. The van der Waals surface area contributed by atoms with Crippen molar-refractivity contribution in [1.29, 1.82) is 0 Å². The van der Waals surface area contributed by atoms with E-state index < -0.39 is 28.5 Å². The normalized spacial score (nSPS) is 13.8. The second-order valence-electron chi connectivity index (χ2n) is 5.08. The molecular weight excluding hydrogens is 206 g/mol. The minimum Gasteiger partial charge on any atom is -0.477 e. The SMILES string of the molecule is CC(C)(C)C(=O)C(C)(C)C(F)(F)C(=O)O. The summed E-state index contributed by atoms with van der Waals surface area (Å²) >= 11 is 0. The van der Waals surface area contributed by atoms with Gasteiger partial charge >= 0.3 is 11.9 Å². The lowest BCUT2D eigenvalue weighted by molar-refractivity contribution is -0.189. The third-order valence-electron chi connectivity index (χ3n) is 2.30. The number of alkyl halides is 2. The number of carbonyl (C=O) groups is 2. The largest absolute Gasteiger partial charge is 0.477 e. The quantitative estimate of drug-likeness (QED) is 0.797. The zero-order valence-electron chi connectivity index (χ0n) is 9.52. The summed E-state index contributed by atoms with van der Waals surface area (Å²) in [7, 11) is 0. The van der Waals surface area contributed by atoms with Crippen molar-refractivity contribution in [2.75, 3.05) is 0 Å². The van der Waals surface area contributed by atoms with Crippen molar-refractivity contribution in [3.05, 3.63) is 0 Å². The molecule has 0 amide bonds. The number of carbonyl (C=O) groups excluding carboxylic acids is 1. The van der Waals surface area contributed by atoms with Crippen molar-refractivity contribution in [1.82, 2.24) is 0 Å². The average molecular weight is 222 g/mol. The highest BCUT2D eigenvalue weighted by Gasteiger charge is 2.59. The summed E-state index contributed by atoms with van der Waals surface area (Å²) in [4.78, 5) is 22.1. The lowest BCUT2D eigenvalue weighted by atomic mass is 9.71. The number of aliphatic carboxylic acids is 1. The lowest BCUT2D eigenvalue weighted by Gasteiger charge is -2.34. The van der Waals surface area contributed by atoms with Crippen molar-refractivity contribution in [2.45, 2.75) is 40.5 Å². The monoisotopic (exact) mass is 222 g/mol. The Morgan fingerprint density at radius 1 is 1.00 bits per heavy atom. The summed E-state index contributed by atoms with van der Waals surface area (Å²) in [5.74, 6) is -7.11. The zero-order chi connectivity index (χ0) is 12.7. The minimum atomic E-state index is -4.06. The van der Waals surface area contributed by atoms with Crippen LogP contribution in [0.25, 0.3) is 0 Å². The van der Waals surface area contributed by atoms with E-state index in [1.54, 1.807) is 0 Å². The number of hydrogen-bond donors (Lipinski definition) is 1. The van der Waals surface area contributed by atoms with Gasteiger partial charge in [0.05, 0.1) is 5.41 Å². The Morgan fingerprint density at radius 2 is 1.33 bits per heavy atom. The second-order valence-corrected chi connectivity index (χ2v) is 5.08. The smallest absolute Gasteiger partial charge is 0.375 e. The van der Waals surface area contributed by atoms with Crippen LogP contribution in [0, 0.1) is 10.8 Å². The third-order valence-corrected chi connectivity index (χ3v) is 2.30. The van der Waals surface area contributed by atoms with E-state index in [1.807, 2.05) is 0 Å². The fourth-order valence-corrected chi connectivity index (χ4v) is 1.35. The summed E-state index contributed by atoms with van der Waals surface area (Å²) in [5, 5.41) is 8.39. The maximum atomic E-state index is 13.3. The van der Waals surface area contributed by atoms with E-state index in [1.165, 1.54) is 20.8 Å². The number of ketones is 1. The highest BCUT2D eigenvalue weighted by molar-refractivity contribution is 5.94. The molecule has 0 aliphatic heterocycles. The van der Waals surface area contributed by atoms with Crippen molar-refractivity contribution < 1.29 is 23.5 Å². The van der Waals surface area contributed by atoms with E-state index in [4.69, 9.17) is 5.11 Å². The van der Waals surface area contributed by atoms with E-state index in [2.05, 4.69) is 0 Å². The maximum Gasteiger partial charge on any atom is 0.375 e. The van der Waals surface area contributed by atoms with Crippen LogP contribution in [0.2, 0.25) is 0 Å². The Bertz CT molecular complexity index is 288. The summed E-state index contributed by atoms with van der Waals surface area (Å²) in [6.45, 7) is 6.35. The van der Waals surface area contributed by atoms with Gasteiger partial charge in [0.15, 0.2) is 0 Å². The Hall–Kier alpha value is -1.00. The molecule has 0 aromatic heterocycles. The first-order valence-corrected chi connectivity index (χ1v) is 4.51. The van der Waals surface area contributed by atoms with E-state index in [9.17, 15) is 18.4 Å². The molecule has 0 aromatic carbocycles. The van der Waals surface area contributed by atoms with Crippen LogP contribution in [0.15, 0.2) is 0 Å². The first-order chi connectivity index (χ1) is 6.35. The summed E-state index contributed by atoms with van der Waals surface area (Å²) in [5.41, 5.74) is -3.21. The van der Waals surface area contributed by atoms with Gasteiger partial charge in [0.1, 0.15) is 5.78 Å². The third kappa shape index (κ3) is 2.33. The second kappa shape index (κ2) is 3.54. The standard InChI is InChI=1S/C10H16F2O3/c1-8(2,3)6(13)9(4,5)10(11,12)7(14)15/h1-5H3,(H,14,15). The van der Waals surface area contributed by atoms with Crippen LogP contribution < -0.4 is 0 Å². The first-order valence-electron chi connectivity index (χ1n) is 4.51. The summed E-state index contributed by atoms with van der Waals surface area (Å²) < 4.78 is 26.6. The van der Waals surface area contributed by atoms with Crippen molar-refractivity contribution in [3.8, 4) is 0 Å². The molecule has 0 unspecified atom stereocenters. The van der Waals surface area contributed by atoms with Gasteiger partial charge in [0.2, 0.25) is 0 Å². The zero-order valence-corrected chi connectivity index (χ0v) is 9.52. The van der Waals surface area contributed by atoms with Crippen LogP contribution >= 0.6 is 0 Å². The molecule has 0 radical (unpaired) electrons. The Labute approximate surface area is 87.5 Å². The van der Waals surface area contributed by atoms with Crippen LogP contribution in [-0.2, 0) is 9.59 Å². The number of rotatable bonds is 3. The number of carboxylic acid groups (broad SMARTS) is 1. The van der Waals surface area contributed by atoms with Gasteiger partial charge in [0.25, 0.3) is 0 Å². The Morgan fingerprint density at radius 3 is 1.53 bits per heavy atom. The van der Waals surface area contributed by atoms with Crippen LogP contribution in [-0.4, -0.2) is 22.8 Å². The number of hydrogen-bond acceptors (Lipinski definition) is 2. The van der Waals surface area contributed by atoms with Gasteiger partial charge in [-0.15, -0.1) is 0 Å².